The fourth-order valence-corrected chi connectivity index (χ4v) is 4.42. The molecule has 1 amide bonds. The zero-order valence-electron chi connectivity index (χ0n) is 21.0. The summed E-state index contributed by atoms with van der Waals surface area (Å²) in [5, 5.41) is 21.5. The van der Waals surface area contributed by atoms with Gasteiger partial charge in [-0.3, -0.25) is 14.9 Å². The minimum absolute atomic E-state index is 0.120. The Bertz CT molecular complexity index is 1280. The van der Waals surface area contributed by atoms with E-state index in [9.17, 15) is 27.2 Å². The SMILES string of the molecule is CCCCN(CCCC)c1cc(NC(C)=O)c(/N=N/c2cc(Cl)c(S(=O)(=O)F)cc2[N+](=O)[O-])cc1OC. The van der Waals surface area contributed by atoms with Crippen LogP contribution in [0.3, 0.4) is 0 Å². The van der Waals surface area contributed by atoms with E-state index in [1.165, 1.54) is 20.1 Å². The molecule has 37 heavy (non-hydrogen) atoms. The number of nitrogens with zero attached hydrogens (tertiary/aromatic N) is 4. The topological polar surface area (TPSA) is 144 Å². The van der Waals surface area contributed by atoms with E-state index < -0.39 is 36.4 Å². The third kappa shape index (κ3) is 8.09. The second-order valence-corrected chi connectivity index (χ2v) is 9.81. The number of rotatable bonds is 13. The second kappa shape index (κ2) is 13.3. The van der Waals surface area contributed by atoms with Gasteiger partial charge in [0.15, 0.2) is 5.69 Å². The van der Waals surface area contributed by atoms with Crippen LogP contribution in [-0.2, 0) is 15.0 Å². The van der Waals surface area contributed by atoms with E-state index in [2.05, 4.69) is 34.3 Å². The van der Waals surface area contributed by atoms with Gasteiger partial charge in [0.25, 0.3) is 5.69 Å². The maximum absolute atomic E-state index is 13.5. The van der Waals surface area contributed by atoms with Gasteiger partial charge in [0.05, 0.1) is 28.4 Å². The summed E-state index contributed by atoms with van der Waals surface area (Å²) in [6.07, 6.45) is 3.86. The number of nitro groups is 1. The molecule has 11 nitrogen and oxygen atoms in total. The molecule has 0 radical (unpaired) electrons. The standard InChI is InChI=1S/C23H29ClFN5O6S/c1-5-7-9-29(10-8-6-2)21-12-17(26-15(3)31)18(13-22(21)36-4)27-28-19-11-16(24)23(37(25,34)35)14-20(19)30(32)33/h11-14H,5-10H2,1-4H3,(H,26,31)/b28-27+. The van der Waals surface area contributed by atoms with E-state index in [0.29, 0.717) is 11.8 Å². The Morgan fingerprint density at radius 2 is 1.73 bits per heavy atom. The molecule has 0 atom stereocenters. The monoisotopic (exact) mass is 557 g/mol. The average Bonchev–Trinajstić information content (AvgIpc) is 2.81. The fraction of sp³-hybridized carbons (Fsp3) is 0.435. The highest BCUT2D eigenvalue weighted by atomic mass is 35.5. The van der Waals surface area contributed by atoms with Crippen molar-refractivity contribution in [3.63, 3.8) is 0 Å². The van der Waals surface area contributed by atoms with Gasteiger partial charge < -0.3 is 15.0 Å². The van der Waals surface area contributed by atoms with Gasteiger partial charge in [-0.05, 0) is 25.0 Å². The summed E-state index contributed by atoms with van der Waals surface area (Å²) >= 11 is 5.83. The molecule has 202 valence electrons. The van der Waals surface area contributed by atoms with E-state index in [0.717, 1.165) is 50.5 Å². The first-order chi connectivity index (χ1) is 17.4. The summed E-state index contributed by atoms with van der Waals surface area (Å²) in [5.74, 6) is 0.0643. The number of halogens is 2. The Morgan fingerprint density at radius 1 is 1.14 bits per heavy atom. The Hall–Kier alpha value is -3.32. The molecule has 0 bridgehead atoms. The molecule has 1 N–H and O–H groups in total. The van der Waals surface area contributed by atoms with Gasteiger partial charge >= 0.3 is 10.2 Å². The van der Waals surface area contributed by atoms with Crippen LogP contribution in [0.1, 0.15) is 46.5 Å². The van der Waals surface area contributed by atoms with Crippen molar-refractivity contribution in [1.82, 2.24) is 0 Å². The molecule has 0 saturated carbocycles. The fourth-order valence-electron chi connectivity index (χ4n) is 3.44. The predicted octanol–water partition coefficient (Wildman–Crippen LogP) is 6.70. The molecule has 0 aliphatic rings. The van der Waals surface area contributed by atoms with Crippen LogP contribution in [0.15, 0.2) is 39.4 Å². The molecule has 0 aliphatic heterocycles. The second-order valence-electron chi connectivity index (χ2n) is 8.08. The first-order valence-corrected chi connectivity index (χ1v) is 13.3. The predicted molar refractivity (Wildman–Crippen MR) is 140 cm³/mol. The molecule has 0 aliphatic carbocycles. The van der Waals surface area contributed by atoms with Crippen LogP contribution in [0.4, 0.5) is 32.3 Å². The molecule has 14 heteroatoms. The normalized spacial score (nSPS) is 11.5. The quantitative estimate of drug-likeness (QED) is 0.125. The number of anilines is 2. The minimum atomic E-state index is -5.31. The van der Waals surface area contributed by atoms with E-state index >= 15 is 0 Å². The molecule has 0 aromatic heterocycles. The van der Waals surface area contributed by atoms with E-state index in [-0.39, 0.29) is 17.3 Å². The van der Waals surface area contributed by atoms with Crippen LogP contribution in [0.25, 0.3) is 0 Å². The number of carbonyl (C=O) groups excluding carboxylic acids is 1. The number of hydrogen-bond acceptors (Lipinski definition) is 9. The Labute approximate surface area is 220 Å². The Kier molecular flexibility index (Phi) is 10.7. The number of nitrogens with one attached hydrogen (secondary N) is 1. The number of hydrogen-bond donors (Lipinski definition) is 1. The van der Waals surface area contributed by atoms with E-state index in [1.54, 1.807) is 6.07 Å². The van der Waals surface area contributed by atoms with Crippen molar-refractivity contribution in [1.29, 1.82) is 0 Å². The Balaban J connectivity index is 2.65. The van der Waals surface area contributed by atoms with Crippen molar-refractivity contribution in [3.8, 4) is 5.75 Å². The number of unbranched alkanes of at least 4 members (excludes halogenated alkanes) is 2. The summed E-state index contributed by atoms with van der Waals surface area (Å²) in [6.45, 7) is 7.02. The van der Waals surface area contributed by atoms with Crippen molar-refractivity contribution in [2.24, 2.45) is 10.2 Å². The van der Waals surface area contributed by atoms with Gasteiger partial charge in [-0.15, -0.1) is 14.1 Å². The van der Waals surface area contributed by atoms with Gasteiger partial charge in [0.1, 0.15) is 16.3 Å². The van der Waals surface area contributed by atoms with Crippen molar-refractivity contribution < 1.29 is 26.8 Å². The lowest BCUT2D eigenvalue weighted by Gasteiger charge is -2.27. The van der Waals surface area contributed by atoms with Crippen LogP contribution in [0, 0.1) is 10.1 Å². The highest BCUT2D eigenvalue weighted by Gasteiger charge is 2.25. The maximum atomic E-state index is 13.5. The van der Waals surface area contributed by atoms with Crippen LogP contribution < -0.4 is 15.0 Å². The first-order valence-electron chi connectivity index (χ1n) is 11.5. The summed E-state index contributed by atoms with van der Waals surface area (Å²) in [4.78, 5) is 23.6. The van der Waals surface area contributed by atoms with E-state index in [1.807, 2.05) is 0 Å². The third-order valence-corrected chi connectivity index (χ3v) is 6.55. The number of carbonyl (C=O) groups is 1. The van der Waals surface area contributed by atoms with Crippen molar-refractivity contribution >= 4 is 56.2 Å². The molecule has 2 aromatic carbocycles. The molecule has 0 saturated heterocycles. The number of methoxy groups -OCH3 is 1. The zero-order chi connectivity index (χ0) is 27.8. The summed E-state index contributed by atoms with van der Waals surface area (Å²) in [5.41, 5.74) is -0.0965. The first kappa shape index (κ1) is 29.9. The minimum Gasteiger partial charge on any atom is -0.494 e. The number of ether oxygens (including phenoxy) is 1. The summed E-state index contributed by atoms with van der Waals surface area (Å²) < 4.78 is 41.6. The van der Waals surface area contributed by atoms with Crippen molar-refractivity contribution in [3.05, 3.63) is 39.4 Å². The molecule has 0 fully saturated rings. The van der Waals surface area contributed by atoms with E-state index in [4.69, 9.17) is 16.3 Å². The molecular weight excluding hydrogens is 529 g/mol. The lowest BCUT2D eigenvalue weighted by molar-refractivity contribution is -0.384. The maximum Gasteiger partial charge on any atom is 0.333 e. The molecule has 0 unspecified atom stereocenters. The summed E-state index contributed by atoms with van der Waals surface area (Å²) in [6, 6.07) is 4.53. The smallest absolute Gasteiger partial charge is 0.333 e. The lowest BCUT2D eigenvalue weighted by atomic mass is 10.1. The number of azo groups is 1. The van der Waals surface area contributed by atoms with Crippen molar-refractivity contribution in [2.75, 3.05) is 30.4 Å². The highest BCUT2D eigenvalue weighted by Crippen LogP contribution is 2.41. The van der Waals surface area contributed by atoms with Crippen LogP contribution in [-0.4, -0.2) is 39.4 Å². The van der Waals surface area contributed by atoms with Gasteiger partial charge in [0.2, 0.25) is 5.91 Å². The van der Waals surface area contributed by atoms with Crippen LogP contribution in [0.5, 0.6) is 5.75 Å². The average molecular weight is 558 g/mol. The van der Waals surface area contributed by atoms with Crippen LogP contribution >= 0.6 is 11.6 Å². The van der Waals surface area contributed by atoms with Crippen molar-refractivity contribution in [2.45, 2.75) is 51.3 Å². The molecule has 0 heterocycles. The van der Waals surface area contributed by atoms with Gasteiger partial charge in [-0.25, -0.2) is 0 Å². The molecular formula is C23H29ClFN5O6S. The molecule has 2 aromatic rings. The molecule has 0 spiro atoms. The molecule has 2 rings (SSSR count). The summed E-state index contributed by atoms with van der Waals surface area (Å²) in [7, 11) is -3.82. The zero-order valence-corrected chi connectivity index (χ0v) is 22.5. The Morgan fingerprint density at radius 3 is 2.22 bits per heavy atom. The van der Waals surface area contributed by atoms with Gasteiger partial charge in [-0.1, -0.05) is 38.3 Å². The third-order valence-electron chi connectivity index (χ3n) is 5.27. The van der Waals surface area contributed by atoms with Crippen LogP contribution in [0.2, 0.25) is 5.02 Å². The number of amides is 1. The highest BCUT2D eigenvalue weighted by molar-refractivity contribution is 7.86. The lowest BCUT2D eigenvalue weighted by Crippen LogP contribution is -2.26. The number of benzene rings is 2. The van der Waals surface area contributed by atoms with Gasteiger partial charge in [-0.2, -0.15) is 8.42 Å². The van der Waals surface area contributed by atoms with Gasteiger partial charge in [0, 0.05) is 32.1 Å². The largest absolute Gasteiger partial charge is 0.494 e. The number of nitro benzene ring substituents is 1.